The average molecular weight is 462 g/mol. The highest BCUT2D eigenvalue weighted by Crippen LogP contribution is 2.47. The summed E-state index contributed by atoms with van der Waals surface area (Å²) in [5, 5.41) is 3.39. The standard InChI is InChI=1S/C28H31NO5/c1-16(2)34-28(31)25-17(3)29-21-13-20(18-9-7-6-8-10-18)14-22(30)27(21)26(25)19-11-12-23(32-4)24(15-19)33-5/h6-12,15-16,20,26,29H,13-14H2,1-5H3. The van der Waals surface area contributed by atoms with Crippen LogP contribution in [0.15, 0.2) is 71.1 Å². The number of hydrogen-bond acceptors (Lipinski definition) is 6. The number of Topliss-reactive ketones (excluding diaryl/α,β-unsaturated/α-hetero) is 1. The second-order valence-electron chi connectivity index (χ2n) is 9.00. The number of hydrogen-bond donors (Lipinski definition) is 1. The zero-order valence-electron chi connectivity index (χ0n) is 20.3. The lowest BCUT2D eigenvalue weighted by molar-refractivity contribution is -0.143. The van der Waals surface area contributed by atoms with Gasteiger partial charge in [0.05, 0.1) is 25.9 Å². The van der Waals surface area contributed by atoms with Crippen LogP contribution in [-0.2, 0) is 14.3 Å². The molecule has 6 heteroatoms. The van der Waals surface area contributed by atoms with Crippen LogP contribution in [0.3, 0.4) is 0 Å². The van der Waals surface area contributed by atoms with E-state index in [9.17, 15) is 9.59 Å². The molecular weight excluding hydrogens is 430 g/mol. The van der Waals surface area contributed by atoms with Crippen LogP contribution in [0.2, 0.25) is 0 Å². The largest absolute Gasteiger partial charge is 0.493 e. The number of rotatable bonds is 6. The Kier molecular flexibility index (Phi) is 6.77. The van der Waals surface area contributed by atoms with Crippen LogP contribution in [0.5, 0.6) is 11.5 Å². The van der Waals surface area contributed by atoms with Crippen molar-refractivity contribution in [2.24, 2.45) is 0 Å². The summed E-state index contributed by atoms with van der Waals surface area (Å²) < 4.78 is 16.5. The molecule has 1 heterocycles. The van der Waals surface area contributed by atoms with Crippen molar-refractivity contribution < 1.29 is 23.8 Å². The van der Waals surface area contributed by atoms with Crippen molar-refractivity contribution in [2.75, 3.05) is 14.2 Å². The first kappa shape index (κ1) is 23.6. The number of allylic oxidation sites excluding steroid dienone is 3. The molecule has 2 aliphatic rings. The van der Waals surface area contributed by atoms with Gasteiger partial charge in [-0.3, -0.25) is 4.79 Å². The van der Waals surface area contributed by atoms with Crippen molar-refractivity contribution in [3.05, 3.63) is 82.2 Å². The van der Waals surface area contributed by atoms with Gasteiger partial charge in [-0.15, -0.1) is 0 Å². The Morgan fingerprint density at radius 2 is 1.68 bits per heavy atom. The molecule has 34 heavy (non-hydrogen) atoms. The van der Waals surface area contributed by atoms with Gasteiger partial charge in [-0.25, -0.2) is 4.79 Å². The molecule has 0 saturated carbocycles. The molecule has 4 rings (SSSR count). The first-order valence-electron chi connectivity index (χ1n) is 11.6. The molecule has 0 amide bonds. The van der Waals surface area contributed by atoms with Crippen LogP contribution in [0.25, 0.3) is 0 Å². The summed E-state index contributed by atoms with van der Waals surface area (Å²) in [6, 6.07) is 15.6. The molecule has 0 spiro atoms. The third kappa shape index (κ3) is 4.45. The molecule has 2 aromatic rings. The Balaban J connectivity index is 1.83. The molecule has 0 saturated heterocycles. The Hall–Kier alpha value is -3.54. The zero-order chi connectivity index (χ0) is 24.4. The van der Waals surface area contributed by atoms with Crippen LogP contribution in [-0.4, -0.2) is 32.1 Å². The monoisotopic (exact) mass is 461 g/mol. The molecule has 2 atom stereocenters. The van der Waals surface area contributed by atoms with Gasteiger partial charge in [0.1, 0.15) is 0 Å². The minimum atomic E-state index is -0.550. The smallest absolute Gasteiger partial charge is 0.337 e. The number of esters is 1. The van der Waals surface area contributed by atoms with Gasteiger partial charge in [0.25, 0.3) is 0 Å². The third-order valence-corrected chi connectivity index (χ3v) is 6.40. The Labute approximate surface area is 200 Å². The summed E-state index contributed by atoms with van der Waals surface area (Å²) in [7, 11) is 3.15. The molecule has 0 bridgehead atoms. The Morgan fingerprint density at radius 1 is 0.971 bits per heavy atom. The lowest BCUT2D eigenvalue weighted by Crippen LogP contribution is -2.36. The van der Waals surface area contributed by atoms with Crippen LogP contribution in [0, 0.1) is 0 Å². The summed E-state index contributed by atoms with van der Waals surface area (Å²) in [5.74, 6) is 0.268. The highest BCUT2D eigenvalue weighted by atomic mass is 16.5. The normalized spacial score (nSPS) is 20.1. The van der Waals surface area contributed by atoms with Crippen molar-refractivity contribution in [1.82, 2.24) is 5.32 Å². The second-order valence-corrected chi connectivity index (χ2v) is 9.00. The Morgan fingerprint density at radius 3 is 2.32 bits per heavy atom. The quantitative estimate of drug-likeness (QED) is 0.609. The molecular formula is C28H31NO5. The number of methoxy groups -OCH3 is 2. The van der Waals surface area contributed by atoms with Gasteiger partial charge < -0.3 is 19.5 Å². The third-order valence-electron chi connectivity index (χ3n) is 6.40. The fraction of sp³-hybridized carbons (Fsp3) is 0.357. The molecule has 1 aliphatic carbocycles. The number of carbonyl (C=O) groups is 2. The van der Waals surface area contributed by atoms with E-state index < -0.39 is 11.9 Å². The lowest BCUT2D eigenvalue weighted by Gasteiger charge is -2.37. The highest BCUT2D eigenvalue weighted by Gasteiger charge is 2.41. The highest BCUT2D eigenvalue weighted by molar-refractivity contribution is 6.04. The maximum Gasteiger partial charge on any atom is 0.337 e. The van der Waals surface area contributed by atoms with Gasteiger partial charge >= 0.3 is 5.97 Å². The van der Waals surface area contributed by atoms with E-state index >= 15 is 0 Å². The molecule has 6 nitrogen and oxygen atoms in total. The number of ketones is 1. The van der Waals surface area contributed by atoms with Crippen LogP contribution in [0.4, 0.5) is 0 Å². The van der Waals surface area contributed by atoms with Crippen molar-refractivity contribution >= 4 is 11.8 Å². The second kappa shape index (κ2) is 9.75. The first-order chi connectivity index (χ1) is 16.3. The van der Waals surface area contributed by atoms with E-state index in [1.54, 1.807) is 20.3 Å². The summed E-state index contributed by atoms with van der Waals surface area (Å²) in [6.07, 6.45) is 0.803. The Bertz CT molecular complexity index is 1160. The molecule has 0 fully saturated rings. The molecule has 2 aromatic carbocycles. The van der Waals surface area contributed by atoms with Crippen LogP contribution >= 0.6 is 0 Å². The molecule has 1 N–H and O–H groups in total. The minimum absolute atomic E-state index is 0.0322. The predicted octanol–water partition coefficient (Wildman–Crippen LogP) is 5.02. The van der Waals surface area contributed by atoms with E-state index in [-0.39, 0.29) is 17.8 Å². The number of carbonyl (C=O) groups excluding carboxylic acids is 2. The molecule has 0 aromatic heterocycles. The van der Waals surface area contributed by atoms with Gasteiger partial charge in [0.15, 0.2) is 17.3 Å². The van der Waals surface area contributed by atoms with Crippen LogP contribution < -0.4 is 14.8 Å². The average Bonchev–Trinajstić information content (AvgIpc) is 2.82. The summed E-state index contributed by atoms with van der Waals surface area (Å²) in [5.41, 5.74) is 4.56. The van der Waals surface area contributed by atoms with Gasteiger partial charge in [-0.05, 0) is 56.4 Å². The fourth-order valence-corrected chi connectivity index (χ4v) is 4.91. The van der Waals surface area contributed by atoms with Gasteiger partial charge in [-0.1, -0.05) is 36.4 Å². The first-order valence-corrected chi connectivity index (χ1v) is 11.6. The van der Waals surface area contributed by atoms with Gasteiger partial charge in [0, 0.05) is 29.3 Å². The van der Waals surface area contributed by atoms with E-state index in [0.717, 1.165) is 16.8 Å². The van der Waals surface area contributed by atoms with Gasteiger partial charge in [-0.2, -0.15) is 0 Å². The van der Waals surface area contributed by atoms with Crippen LogP contribution in [0.1, 0.15) is 56.6 Å². The minimum Gasteiger partial charge on any atom is -0.493 e. The molecule has 178 valence electrons. The summed E-state index contributed by atoms with van der Waals surface area (Å²) in [6.45, 7) is 5.50. The summed E-state index contributed by atoms with van der Waals surface area (Å²) in [4.78, 5) is 26.9. The van der Waals surface area contributed by atoms with Crippen molar-refractivity contribution in [3.63, 3.8) is 0 Å². The maximum atomic E-state index is 13.6. The topological polar surface area (TPSA) is 73.9 Å². The van der Waals surface area contributed by atoms with E-state index in [4.69, 9.17) is 14.2 Å². The van der Waals surface area contributed by atoms with E-state index in [1.165, 1.54) is 0 Å². The van der Waals surface area contributed by atoms with E-state index in [1.807, 2.05) is 51.1 Å². The van der Waals surface area contributed by atoms with Crippen molar-refractivity contribution in [3.8, 4) is 11.5 Å². The van der Waals surface area contributed by atoms with Gasteiger partial charge in [0.2, 0.25) is 0 Å². The van der Waals surface area contributed by atoms with E-state index in [0.29, 0.717) is 41.2 Å². The molecule has 1 aliphatic heterocycles. The fourth-order valence-electron chi connectivity index (χ4n) is 4.91. The van der Waals surface area contributed by atoms with Crippen molar-refractivity contribution in [2.45, 2.75) is 51.6 Å². The zero-order valence-corrected chi connectivity index (χ0v) is 20.3. The number of nitrogens with one attached hydrogen (secondary N) is 1. The maximum absolute atomic E-state index is 13.6. The number of dihydropyridines is 1. The SMILES string of the molecule is COc1ccc(C2C(C(=O)OC(C)C)=C(C)NC3=C2C(=O)CC(c2ccccc2)C3)cc1OC. The molecule has 0 radical (unpaired) electrons. The number of benzene rings is 2. The predicted molar refractivity (Wildman–Crippen MR) is 130 cm³/mol. The lowest BCUT2D eigenvalue weighted by atomic mass is 9.71. The van der Waals surface area contributed by atoms with Crippen molar-refractivity contribution in [1.29, 1.82) is 0 Å². The summed E-state index contributed by atoms with van der Waals surface area (Å²) >= 11 is 0. The number of ether oxygens (including phenoxy) is 3. The van der Waals surface area contributed by atoms with E-state index in [2.05, 4.69) is 17.4 Å². The molecule has 2 unspecified atom stereocenters.